The van der Waals surface area contributed by atoms with Crippen LogP contribution in [0.2, 0.25) is 0 Å². The fourth-order valence-electron chi connectivity index (χ4n) is 6.93. The van der Waals surface area contributed by atoms with Crippen LogP contribution in [-0.2, 0) is 0 Å². The van der Waals surface area contributed by atoms with Gasteiger partial charge < -0.3 is 0 Å². The molecule has 0 N–H and O–H groups in total. The average molecular weight is 395 g/mol. The third kappa shape index (κ3) is 3.08. The molecule has 5 rings (SSSR count). The van der Waals surface area contributed by atoms with E-state index in [1.807, 2.05) is 0 Å². The minimum Gasteiger partial charge on any atom is -0.300 e. The zero-order valence-corrected chi connectivity index (χ0v) is 18.0. The number of rotatable bonds is 2. The number of aliphatic imine (C=N–C) groups is 1. The van der Waals surface area contributed by atoms with Gasteiger partial charge in [0.2, 0.25) is 0 Å². The Morgan fingerprint density at radius 2 is 1.85 bits per heavy atom. The molecule has 0 aromatic carbocycles. The van der Waals surface area contributed by atoms with Crippen LogP contribution in [0, 0.1) is 23.7 Å². The second kappa shape index (κ2) is 7.26. The van der Waals surface area contributed by atoms with Crippen LogP contribution in [0.15, 0.2) is 4.99 Å². The largest absolute Gasteiger partial charge is 0.300 e. The minimum absolute atomic E-state index is 0.283. The summed E-state index contributed by atoms with van der Waals surface area (Å²) in [6, 6.07) is 2.00. The molecule has 0 radical (unpaired) electrons. The highest BCUT2D eigenvalue weighted by Crippen LogP contribution is 2.52. The molecule has 26 heavy (non-hydrogen) atoms. The van der Waals surface area contributed by atoms with E-state index in [4.69, 9.17) is 16.6 Å². The molecule has 0 amide bonds. The van der Waals surface area contributed by atoms with Gasteiger partial charge in [-0.2, -0.15) is 0 Å². The highest BCUT2D eigenvalue weighted by Gasteiger charge is 2.52. The van der Waals surface area contributed by atoms with Crippen LogP contribution in [0.3, 0.4) is 0 Å². The van der Waals surface area contributed by atoms with E-state index in [-0.39, 0.29) is 5.38 Å². The van der Waals surface area contributed by atoms with Crippen LogP contribution in [-0.4, -0.2) is 45.7 Å². The molecule has 0 aromatic heterocycles. The predicted molar refractivity (Wildman–Crippen MR) is 113 cm³/mol. The fourth-order valence-corrected chi connectivity index (χ4v) is 9.06. The second-order valence-corrected chi connectivity index (χ2v) is 11.8. The van der Waals surface area contributed by atoms with Crippen molar-refractivity contribution in [2.24, 2.45) is 28.7 Å². The summed E-state index contributed by atoms with van der Waals surface area (Å²) in [5.41, 5.74) is 0. The fraction of sp³-hybridized carbons (Fsp3) is 0.955. The lowest BCUT2D eigenvalue weighted by Gasteiger charge is -2.47. The number of hydrogen-bond acceptors (Lipinski definition) is 3. The second-order valence-electron chi connectivity index (χ2n) is 9.97. The summed E-state index contributed by atoms with van der Waals surface area (Å²) < 4.78 is 0. The van der Waals surface area contributed by atoms with Crippen molar-refractivity contribution in [3.05, 3.63) is 0 Å². The summed E-state index contributed by atoms with van der Waals surface area (Å²) in [4.78, 5) is 8.08. The van der Waals surface area contributed by atoms with Crippen molar-refractivity contribution in [2.75, 3.05) is 7.05 Å². The summed E-state index contributed by atoms with van der Waals surface area (Å²) in [5, 5.41) is 2.48. The van der Waals surface area contributed by atoms with Crippen LogP contribution < -0.4 is 0 Å². The highest BCUT2D eigenvalue weighted by molar-refractivity contribution is 8.14. The first-order valence-corrected chi connectivity index (χ1v) is 12.5. The van der Waals surface area contributed by atoms with Gasteiger partial charge in [-0.15, -0.1) is 23.4 Å². The van der Waals surface area contributed by atoms with E-state index in [0.717, 1.165) is 29.8 Å². The van der Waals surface area contributed by atoms with E-state index < -0.39 is 0 Å². The molecule has 4 heteroatoms. The van der Waals surface area contributed by atoms with E-state index in [2.05, 4.69) is 30.6 Å². The summed E-state index contributed by atoms with van der Waals surface area (Å²) in [6.07, 6.45) is 13.9. The topological polar surface area (TPSA) is 15.6 Å². The normalized spacial score (nSPS) is 52.0. The molecule has 2 saturated heterocycles. The van der Waals surface area contributed by atoms with Gasteiger partial charge in [-0.05, 0) is 69.7 Å². The molecular formula is C22H35ClN2S. The van der Waals surface area contributed by atoms with Crippen LogP contribution in [0.25, 0.3) is 0 Å². The zero-order valence-electron chi connectivity index (χ0n) is 16.4. The SMILES string of the molecule is CC1CCC([C@H]2C[C@H]3CCC([C@H]2C2=NC4C(Cl)CCCC4S2)N3C)CC1. The molecular weight excluding hydrogens is 360 g/mol. The molecule has 0 spiro atoms. The molecule has 4 unspecified atom stereocenters. The van der Waals surface area contributed by atoms with Crippen LogP contribution in [0.4, 0.5) is 0 Å². The number of alkyl halides is 1. The van der Waals surface area contributed by atoms with Gasteiger partial charge in [0, 0.05) is 23.3 Å². The molecule has 3 aliphatic heterocycles. The Hall–Kier alpha value is 0.270. The molecule has 2 bridgehead atoms. The van der Waals surface area contributed by atoms with Crippen molar-refractivity contribution in [1.82, 2.24) is 4.90 Å². The molecule has 3 heterocycles. The maximum Gasteiger partial charge on any atom is 0.0794 e. The Morgan fingerprint density at radius 3 is 2.62 bits per heavy atom. The van der Waals surface area contributed by atoms with Crippen LogP contribution >= 0.6 is 23.4 Å². The number of thioether (sulfide) groups is 1. The third-order valence-corrected chi connectivity index (χ3v) is 10.4. The molecule has 2 saturated carbocycles. The summed E-state index contributed by atoms with van der Waals surface area (Å²) in [5.74, 6) is 3.49. The van der Waals surface area contributed by atoms with E-state index >= 15 is 0 Å². The van der Waals surface area contributed by atoms with E-state index in [1.54, 1.807) is 0 Å². The first-order valence-electron chi connectivity index (χ1n) is 11.2. The Labute approximate surface area is 168 Å². The van der Waals surface area contributed by atoms with Gasteiger partial charge in [-0.3, -0.25) is 9.89 Å². The average Bonchev–Trinajstić information content (AvgIpc) is 3.15. The molecule has 0 aromatic rings. The quantitative estimate of drug-likeness (QED) is 0.567. The lowest BCUT2D eigenvalue weighted by molar-refractivity contribution is 0.0538. The summed E-state index contributed by atoms with van der Waals surface area (Å²) >= 11 is 8.85. The van der Waals surface area contributed by atoms with Crippen molar-refractivity contribution in [3.63, 3.8) is 0 Å². The molecule has 146 valence electrons. The lowest BCUT2D eigenvalue weighted by atomic mass is 9.67. The third-order valence-electron chi connectivity index (χ3n) is 8.53. The zero-order chi connectivity index (χ0) is 17.8. The van der Waals surface area contributed by atoms with Crippen LogP contribution in [0.1, 0.15) is 71.1 Å². The number of fused-ring (bicyclic) bond motifs is 3. The van der Waals surface area contributed by atoms with Gasteiger partial charge in [-0.25, -0.2) is 0 Å². The molecule has 7 atom stereocenters. The van der Waals surface area contributed by atoms with Gasteiger partial charge in [-0.1, -0.05) is 26.2 Å². The maximum atomic E-state index is 6.70. The van der Waals surface area contributed by atoms with Crippen LogP contribution in [0.5, 0.6) is 0 Å². The van der Waals surface area contributed by atoms with E-state index in [9.17, 15) is 0 Å². The molecule has 5 aliphatic rings. The van der Waals surface area contributed by atoms with E-state index in [1.165, 1.54) is 69.3 Å². The van der Waals surface area contributed by atoms with Crippen molar-refractivity contribution >= 4 is 28.4 Å². The number of nitrogens with zero attached hydrogens (tertiary/aromatic N) is 2. The van der Waals surface area contributed by atoms with Crippen molar-refractivity contribution in [2.45, 2.75) is 99.9 Å². The van der Waals surface area contributed by atoms with Crippen molar-refractivity contribution in [3.8, 4) is 0 Å². The Bertz CT molecular complexity index is 558. The smallest absolute Gasteiger partial charge is 0.0794 e. The predicted octanol–water partition coefficient (Wildman–Crippen LogP) is 5.59. The van der Waals surface area contributed by atoms with Gasteiger partial charge in [0.1, 0.15) is 0 Å². The van der Waals surface area contributed by atoms with Gasteiger partial charge >= 0.3 is 0 Å². The number of halogens is 1. The first-order chi connectivity index (χ1) is 12.6. The van der Waals surface area contributed by atoms with Gasteiger partial charge in [0.25, 0.3) is 0 Å². The summed E-state index contributed by atoms with van der Waals surface area (Å²) in [6.45, 7) is 2.45. The maximum absolute atomic E-state index is 6.70. The molecule has 2 nitrogen and oxygen atoms in total. The monoisotopic (exact) mass is 394 g/mol. The van der Waals surface area contributed by atoms with Gasteiger partial charge in [0.05, 0.1) is 16.5 Å². The van der Waals surface area contributed by atoms with Crippen molar-refractivity contribution in [1.29, 1.82) is 0 Å². The minimum atomic E-state index is 0.283. The first kappa shape index (κ1) is 18.3. The Morgan fingerprint density at radius 1 is 1.04 bits per heavy atom. The Balaban J connectivity index is 1.42. The Kier molecular flexibility index (Phi) is 5.11. The number of hydrogen-bond donors (Lipinski definition) is 0. The standard InChI is InChI=1S/C22H35ClN2S/c1-13-6-8-14(9-7-13)16-12-15-10-11-18(25(15)2)20(16)22-24-21-17(23)4-3-5-19(21)26-22/h13-21H,3-12H2,1-2H3/t13?,14?,15-,16-,17?,18?,19?,20+,21?/m1/s1. The van der Waals surface area contributed by atoms with Crippen molar-refractivity contribution < 1.29 is 0 Å². The number of piperidine rings is 1. The summed E-state index contributed by atoms with van der Waals surface area (Å²) in [7, 11) is 2.39. The molecule has 4 fully saturated rings. The molecule has 2 aliphatic carbocycles. The van der Waals surface area contributed by atoms with Gasteiger partial charge in [0.15, 0.2) is 0 Å². The highest BCUT2D eigenvalue weighted by atomic mass is 35.5. The van der Waals surface area contributed by atoms with E-state index in [0.29, 0.717) is 17.2 Å². The lowest BCUT2D eigenvalue weighted by Crippen LogP contribution is -2.51.